The highest BCUT2D eigenvalue weighted by Crippen LogP contribution is 2.18. The van der Waals surface area contributed by atoms with E-state index in [-0.39, 0.29) is 5.56 Å². The average molecular weight is 494 g/mol. The number of H-pyrrole nitrogens is 1. The molecule has 0 aliphatic carbocycles. The minimum atomic E-state index is -1.08. The number of piperidine rings is 1. The number of likely N-dealkylation sites (tertiary alicyclic amines) is 1. The number of aryl methyl sites for hydroxylation is 1. The standard InChI is InChI=1S/C26H35N7O3/c1-19-6-7-21(16-30-19)24(34)22-17-31-26(32-25(22)35)29-9-5-13-36-23-14-20(8-10-28-23)15-27-18-33-11-3-2-4-12-33/h6-8,10,14,16-17,24,27,34H,2-5,9,11-13,15,18H2,1H3,(H2,29,31,32,35). The van der Waals surface area contributed by atoms with E-state index in [1.807, 2.05) is 19.1 Å². The van der Waals surface area contributed by atoms with Gasteiger partial charge in [-0.1, -0.05) is 12.5 Å². The molecule has 4 heterocycles. The van der Waals surface area contributed by atoms with E-state index in [1.165, 1.54) is 38.5 Å². The van der Waals surface area contributed by atoms with Crippen LogP contribution in [0, 0.1) is 6.92 Å². The van der Waals surface area contributed by atoms with Crippen LogP contribution >= 0.6 is 0 Å². The lowest BCUT2D eigenvalue weighted by atomic mass is 10.1. The molecule has 4 N–H and O–H groups in total. The number of hydrogen-bond acceptors (Lipinski definition) is 9. The summed E-state index contributed by atoms with van der Waals surface area (Å²) < 4.78 is 5.79. The van der Waals surface area contributed by atoms with E-state index in [9.17, 15) is 9.90 Å². The Morgan fingerprint density at radius 2 is 2.06 bits per heavy atom. The second-order valence-electron chi connectivity index (χ2n) is 9.04. The highest BCUT2D eigenvalue weighted by atomic mass is 16.5. The maximum absolute atomic E-state index is 12.4. The van der Waals surface area contributed by atoms with Crippen molar-refractivity contribution in [3.63, 3.8) is 0 Å². The molecule has 1 atom stereocenters. The number of rotatable bonds is 12. The van der Waals surface area contributed by atoms with Gasteiger partial charge in [-0.05, 0) is 57.0 Å². The van der Waals surface area contributed by atoms with E-state index in [0.717, 1.165) is 24.5 Å². The van der Waals surface area contributed by atoms with Crippen molar-refractivity contribution in [2.45, 2.75) is 45.3 Å². The predicted molar refractivity (Wildman–Crippen MR) is 138 cm³/mol. The van der Waals surface area contributed by atoms with Crippen LogP contribution in [0.15, 0.2) is 47.7 Å². The summed E-state index contributed by atoms with van der Waals surface area (Å²) in [5, 5.41) is 17.1. The number of pyridine rings is 2. The van der Waals surface area contributed by atoms with Gasteiger partial charge in [-0.3, -0.25) is 14.7 Å². The first kappa shape index (κ1) is 25.7. The van der Waals surface area contributed by atoms with Crippen LogP contribution < -0.4 is 20.9 Å². The Bertz CT molecular complexity index is 1150. The number of nitrogens with zero attached hydrogens (tertiary/aromatic N) is 4. The first-order valence-corrected chi connectivity index (χ1v) is 12.5. The van der Waals surface area contributed by atoms with Crippen molar-refractivity contribution in [2.75, 3.05) is 38.2 Å². The van der Waals surface area contributed by atoms with Crippen LogP contribution in [0.1, 0.15) is 54.2 Å². The van der Waals surface area contributed by atoms with Gasteiger partial charge in [-0.25, -0.2) is 4.98 Å². The zero-order chi connectivity index (χ0) is 25.2. The number of aliphatic hydroxyl groups excluding tert-OH is 1. The Morgan fingerprint density at radius 1 is 1.19 bits per heavy atom. The zero-order valence-corrected chi connectivity index (χ0v) is 20.7. The van der Waals surface area contributed by atoms with Crippen molar-refractivity contribution in [3.05, 3.63) is 75.6 Å². The molecule has 192 valence electrons. The Labute approximate surface area is 211 Å². The lowest BCUT2D eigenvalue weighted by Crippen LogP contribution is -2.37. The molecule has 1 saturated heterocycles. The van der Waals surface area contributed by atoms with Crippen LogP contribution in [-0.4, -0.2) is 62.9 Å². The highest BCUT2D eigenvalue weighted by molar-refractivity contribution is 5.30. The highest BCUT2D eigenvalue weighted by Gasteiger charge is 2.16. The van der Waals surface area contributed by atoms with Gasteiger partial charge in [0.2, 0.25) is 11.8 Å². The third-order valence-electron chi connectivity index (χ3n) is 6.15. The van der Waals surface area contributed by atoms with Gasteiger partial charge in [0.25, 0.3) is 5.56 Å². The van der Waals surface area contributed by atoms with Crippen molar-refractivity contribution >= 4 is 5.95 Å². The van der Waals surface area contributed by atoms with Crippen LogP contribution in [0.25, 0.3) is 0 Å². The molecule has 1 aliphatic heterocycles. The molecule has 0 radical (unpaired) electrons. The topological polar surface area (TPSA) is 128 Å². The first-order chi connectivity index (χ1) is 17.6. The summed E-state index contributed by atoms with van der Waals surface area (Å²) in [4.78, 5) is 30.2. The van der Waals surface area contributed by atoms with E-state index >= 15 is 0 Å². The van der Waals surface area contributed by atoms with Gasteiger partial charge >= 0.3 is 0 Å². The minimum Gasteiger partial charge on any atom is -0.478 e. The largest absolute Gasteiger partial charge is 0.478 e. The fourth-order valence-corrected chi connectivity index (χ4v) is 4.08. The molecule has 0 amide bonds. The van der Waals surface area contributed by atoms with Crippen molar-refractivity contribution in [1.82, 2.24) is 30.2 Å². The minimum absolute atomic E-state index is 0.172. The Balaban J connectivity index is 1.17. The molecule has 36 heavy (non-hydrogen) atoms. The number of nitrogens with one attached hydrogen (secondary N) is 3. The number of aromatic amines is 1. The lowest BCUT2D eigenvalue weighted by molar-refractivity contribution is 0.211. The smallest absolute Gasteiger partial charge is 0.280 e. The van der Waals surface area contributed by atoms with Gasteiger partial charge in [0, 0.05) is 55.7 Å². The quantitative estimate of drug-likeness (QED) is 0.281. The summed E-state index contributed by atoms with van der Waals surface area (Å²) in [5.41, 5.74) is 2.20. The molecule has 0 bridgehead atoms. The summed E-state index contributed by atoms with van der Waals surface area (Å²) in [7, 11) is 0. The van der Waals surface area contributed by atoms with Gasteiger partial charge in [0.1, 0.15) is 6.10 Å². The monoisotopic (exact) mass is 493 g/mol. The normalized spacial score (nSPS) is 14.9. The zero-order valence-electron chi connectivity index (χ0n) is 20.7. The molecule has 1 unspecified atom stereocenters. The number of aromatic nitrogens is 4. The molecular formula is C26H35N7O3. The van der Waals surface area contributed by atoms with Gasteiger partial charge < -0.3 is 25.5 Å². The van der Waals surface area contributed by atoms with Gasteiger partial charge in [-0.2, -0.15) is 4.98 Å². The molecule has 1 aliphatic rings. The number of aliphatic hydroxyl groups is 1. The predicted octanol–water partition coefficient (Wildman–Crippen LogP) is 2.36. The van der Waals surface area contributed by atoms with Crippen LogP contribution in [0.3, 0.4) is 0 Å². The van der Waals surface area contributed by atoms with Crippen LogP contribution in [-0.2, 0) is 6.54 Å². The van der Waals surface area contributed by atoms with Crippen LogP contribution in [0.4, 0.5) is 5.95 Å². The van der Waals surface area contributed by atoms with Crippen molar-refractivity contribution < 1.29 is 9.84 Å². The Hall–Kier alpha value is -3.34. The molecule has 3 aromatic rings. The van der Waals surface area contributed by atoms with Crippen molar-refractivity contribution in [2.24, 2.45) is 0 Å². The number of anilines is 1. The van der Waals surface area contributed by atoms with E-state index < -0.39 is 11.7 Å². The molecule has 3 aromatic heterocycles. The summed E-state index contributed by atoms with van der Waals surface area (Å²) in [5.74, 6) is 0.945. The summed E-state index contributed by atoms with van der Waals surface area (Å²) >= 11 is 0. The van der Waals surface area contributed by atoms with Crippen molar-refractivity contribution in [1.29, 1.82) is 0 Å². The van der Waals surface area contributed by atoms with Crippen LogP contribution in [0.5, 0.6) is 5.88 Å². The summed E-state index contributed by atoms with van der Waals surface area (Å²) in [6.45, 7) is 6.93. The second-order valence-corrected chi connectivity index (χ2v) is 9.04. The molecule has 10 nitrogen and oxygen atoms in total. The Kier molecular flexibility index (Phi) is 9.37. The van der Waals surface area contributed by atoms with Crippen LogP contribution in [0.2, 0.25) is 0 Å². The van der Waals surface area contributed by atoms with Crippen molar-refractivity contribution in [3.8, 4) is 5.88 Å². The maximum Gasteiger partial charge on any atom is 0.280 e. The molecule has 1 fully saturated rings. The number of hydrogen-bond donors (Lipinski definition) is 4. The maximum atomic E-state index is 12.4. The second kappa shape index (κ2) is 13.1. The van der Waals surface area contributed by atoms with Gasteiger partial charge in [0.05, 0.1) is 12.2 Å². The molecule has 0 saturated carbocycles. The first-order valence-electron chi connectivity index (χ1n) is 12.5. The molecular weight excluding hydrogens is 458 g/mol. The van der Waals surface area contributed by atoms with E-state index in [2.05, 4.69) is 35.5 Å². The van der Waals surface area contributed by atoms with E-state index in [1.54, 1.807) is 24.5 Å². The third-order valence-corrected chi connectivity index (χ3v) is 6.15. The van der Waals surface area contributed by atoms with E-state index in [4.69, 9.17) is 4.74 Å². The molecule has 0 spiro atoms. The molecule has 4 rings (SSSR count). The van der Waals surface area contributed by atoms with Gasteiger partial charge in [0.15, 0.2) is 0 Å². The average Bonchev–Trinajstić information content (AvgIpc) is 2.89. The molecule has 0 aromatic carbocycles. The lowest BCUT2D eigenvalue weighted by Gasteiger charge is -2.26. The summed E-state index contributed by atoms with van der Waals surface area (Å²) in [6, 6.07) is 7.49. The molecule has 10 heteroatoms. The fraction of sp³-hybridized carbons (Fsp3) is 0.462. The number of ether oxygens (including phenoxy) is 1. The fourth-order valence-electron chi connectivity index (χ4n) is 4.08. The summed E-state index contributed by atoms with van der Waals surface area (Å²) in [6.07, 6.45) is 8.34. The van der Waals surface area contributed by atoms with Gasteiger partial charge in [-0.15, -0.1) is 0 Å². The Morgan fingerprint density at radius 3 is 2.83 bits per heavy atom. The third kappa shape index (κ3) is 7.58. The van der Waals surface area contributed by atoms with E-state index in [0.29, 0.717) is 37.0 Å². The SMILES string of the molecule is Cc1ccc(C(O)c2c[nH]c(NCCCOc3cc(CNCN4CCCCC4)ccn3)nc2=O)cn1.